The maximum absolute atomic E-state index is 12.1. The van der Waals surface area contributed by atoms with Crippen LogP contribution in [0.5, 0.6) is 0 Å². The molecule has 0 radical (unpaired) electrons. The molecule has 0 atom stereocenters. The maximum atomic E-state index is 12.1. The minimum Gasteiger partial charge on any atom is -0.348 e. The molecule has 0 saturated carbocycles. The molecule has 106 valence electrons. The molecular formula is C14H18N4O2. The number of nitrogens with zero attached hydrogens (tertiary/aromatic N) is 2. The Bertz CT molecular complexity index is 712. The molecule has 2 aromatic heterocycles. The Morgan fingerprint density at radius 3 is 2.70 bits per heavy atom. The fourth-order valence-electron chi connectivity index (χ4n) is 1.97. The Morgan fingerprint density at radius 1 is 1.40 bits per heavy atom. The lowest BCUT2D eigenvalue weighted by Gasteiger charge is -2.10. The van der Waals surface area contributed by atoms with E-state index in [1.54, 1.807) is 19.4 Å². The first-order valence-electron chi connectivity index (χ1n) is 6.36. The highest BCUT2D eigenvalue weighted by Crippen LogP contribution is 2.06. The van der Waals surface area contributed by atoms with E-state index >= 15 is 0 Å². The lowest BCUT2D eigenvalue weighted by Crippen LogP contribution is -2.33. The van der Waals surface area contributed by atoms with Gasteiger partial charge in [0, 0.05) is 18.4 Å². The number of imidazole rings is 1. The number of carbonyl (C=O) groups is 1. The summed E-state index contributed by atoms with van der Waals surface area (Å²) in [6.45, 7) is 5.91. The molecule has 0 unspecified atom stereocenters. The summed E-state index contributed by atoms with van der Waals surface area (Å²) in [4.78, 5) is 31.3. The summed E-state index contributed by atoms with van der Waals surface area (Å²) >= 11 is 0. The number of pyridine rings is 1. The van der Waals surface area contributed by atoms with E-state index < -0.39 is 0 Å². The molecule has 1 amide bonds. The van der Waals surface area contributed by atoms with Crippen molar-refractivity contribution in [3.8, 4) is 0 Å². The number of H-pyrrole nitrogens is 1. The first kappa shape index (κ1) is 14.0. The van der Waals surface area contributed by atoms with Crippen molar-refractivity contribution >= 4 is 5.91 Å². The maximum Gasteiger partial charge on any atom is 0.263 e. The summed E-state index contributed by atoms with van der Waals surface area (Å²) in [6, 6.07) is 1.63. The Labute approximate surface area is 116 Å². The van der Waals surface area contributed by atoms with Gasteiger partial charge in [0.25, 0.3) is 11.5 Å². The molecule has 2 rings (SSSR count). The van der Waals surface area contributed by atoms with Gasteiger partial charge in [-0.3, -0.25) is 9.59 Å². The van der Waals surface area contributed by atoms with Crippen LogP contribution in [-0.4, -0.2) is 20.4 Å². The molecule has 2 N–H and O–H groups in total. The number of aryl methyl sites for hydroxylation is 2. The minimum absolute atomic E-state index is 0.156. The Kier molecular flexibility index (Phi) is 3.74. The van der Waals surface area contributed by atoms with Gasteiger partial charge in [-0.25, -0.2) is 4.98 Å². The Hall–Kier alpha value is -2.37. The van der Waals surface area contributed by atoms with Crippen LogP contribution in [0.15, 0.2) is 17.2 Å². The molecule has 0 aliphatic rings. The molecule has 6 nitrogen and oxygen atoms in total. The van der Waals surface area contributed by atoms with Crippen LogP contribution in [-0.2, 0) is 13.6 Å². The van der Waals surface area contributed by atoms with E-state index in [1.807, 2.05) is 20.8 Å². The molecule has 0 aliphatic carbocycles. The highest BCUT2D eigenvalue weighted by atomic mass is 16.2. The predicted molar refractivity (Wildman–Crippen MR) is 75.7 cm³/mol. The van der Waals surface area contributed by atoms with Gasteiger partial charge < -0.3 is 14.9 Å². The summed E-state index contributed by atoms with van der Waals surface area (Å²) in [5.74, 6) is -0.379. The fraction of sp³-hybridized carbons (Fsp3) is 0.357. The summed E-state index contributed by atoms with van der Waals surface area (Å²) in [7, 11) is 1.67. The van der Waals surface area contributed by atoms with E-state index in [0.29, 0.717) is 6.54 Å². The third-order valence-corrected chi connectivity index (χ3v) is 3.57. The van der Waals surface area contributed by atoms with E-state index in [9.17, 15) is 9.59 Å². The zero-order chi connectivity index (χ0) is 14.9. The molecule has 0 spiro atoms. The molecule has 2 aromatic rings. The number of carbonyl (C=O) groups excluding carboxylic acids is 1. The normalized spacial score (nSPS) is 10.6. The highest BCUT2D eigenvalue weighted by Gasteiger charge is 2.14. The van der Waals surface area contributed by atoms with Crippen molar-refractivity contribution in [2.45, 2.75) is 27.3 Å². The fourth-order valence-corrected chi connectivity index (χ4v) is 1.97. The van der Waals surface area contributed by atoms with Crippen LogP contribution in [0.25, 0.3) is 0 Å². The number of hydrogen-bond donors (Lipinski definition) is 2. The largest absolute Gasteiger partial charge is 0.348 e. The topological polar surface area (TPSA) is 79.8 Å². The van der Waals surface area contributed by atoms with Crippen molar-refractivity contribution in [1.82, 2.24) is 19.9 Å². The van der Waals surface area contributed by atoms with Crippen LogP contribution in [0.2, 0.25) is 0 Å². The zero-order valence-electron chi connectivity index (χ0n) is 12.1. The third kappa shape index (κ3) is 2.49. The van der Waals surface area contributed by atoms with E-state index in [0.717, 1.165) is 22.6 Å². The van der Waals surface area contributed by atoms with E-state index in [-0.39, 0.29) is 17.0 Å². The summed E-state index contributed by atoms with van der Waals surface area (Å²) < 4.78 is 1.49. The molecule has 6 heteroatoms. The molecular weight excluding hydrogens is 256 g/mol. The standard InChI is InChI=1S/C14H18N4O2/c1-8-5-11(14(20)18(4)10(8)3)13(19)15-6-12-9(2)16-7-17-12/h5,7H,6H2,1-4H3,(H,15,19)(H,16,17). The summed E-state index contributed by atoms with van der Waals surface area (Å²) in [5, 5.41) is 2.72. The minimum atomic E-state index is -0.379. The van der Waals surface area contributed by atoms with E-state index in [4.69, 9.17) is 0 Å². The number of nitrogens with one attached hydrogen (secondary N) is 2. The average molecular weight is 274 g/mol. The molecule has 0 fully saturated rings. The first-order valence-corrected chi connectivity index (χ1v) is 6.36. The van der Waals surface area contributed by atoms with Crippen molar-refractivity contribution in [3.05, 3.63) is 51.0 Å². The molecule has 0 bridgehead atoms. The number of aromatic nitrogens is 3. The van der Waals surface area contributed by atoms with Crippen LogP contribution in [0.4, 0.5) is 0 Å². The summed E-state index contributed by atoms with van der Waals surface area (Å²) in [6.07, 6.45) is 1.58. The first-order chi connectivity index (χ1) is 9.41. The van der Waals surface area contributed by atoms with Crippen LogP contribution in [0.3, 0.4) is 0 Å². The smallest absolute Gasteiger partial charge is 0.263 e. The zero-order valence-corrected chi connectivity index (χ0v) is 12.1. The molecule has 0 aliphatic heterocycles. The SMILES string of the molecule is Cc1cc(C(=O)NCc2nc[nH]c2C)c(=O)n(C)c1C. The number of hydrogen-bond acceptors (Lipinski definition) is 3. The van der Waals surface area contributed by atoms with E-state index in [2.05, 4.69) is 15.3 Å². The van der Waals surface area contributed by atoms with Gasteiger partial charge in [0.1, 0.15) is 5.56 Å². The Balaban J connectivity index is 2.22. The number of aromatic amines is 1. The molecule has 0 aromatic carbocycles. The van der Waals surface area contributed by atoms with Gasteiger partial charge in [-0.1, -0.05) is 0 Å². The van der Waals surface area contributed by atoms with Crippen molar-refractivity contribution in [2.24, 2.45) is 7.05 Å². The van der Waals surface area contributed by atoms with Crippen LogP contribution in [0, 0.1) is 20.8 Å². The van der Waals surface area contributed by atoms with Gasteiger partial charge in [0.2, 0.25) is 0 Å². The van der Waals surface area contributed by atoms with Crippen molar-refractivity contribution < 1.29 is 4.79 Å². The predicted octanol–water partition coefficient (Wildman–Crippen LogP) is 0.964. The van der Waals surface area contributed by atoms with Crippen LogP contribution < -0.4 is 10.9 Å². The monoisotopic (exact) mass is 274 g/mol. The second-order valence-electron chi connectivity index (χ2n) is 4.85. The molecule has 0 saturated heterocycles. The van der Waals surface area contributed by atoms with Gasteiger partial charge in [0.05, 0.1) is 18.6 Å². The highest BCUT2D eigenvalue weighted by molar-refractivity contribution is 5.94. The average Bonchev–Trinajstić information content (AvgIpc) is 2.83. The van der Waals surface area contributed by atoms with Crippen molar-refractivity contribution in [1.29, 1.82) is 0 Å². The van der Waals surface area contributed by atoms with Gasteiger partial charge in [0.15, 0.2) is 0 Å². The van der Waals surface area contributed by atoms with Gasteiger partial charge >= 0.3 is 0 Å². The molecule has 2 heterocycles. The lowest BCUT2D eigenvalue weighted by molar-refractivity contribution is 0.0948. The van der Waals surface area contributed by atoms with E-state index in [1.165, 1.54) is 4.57 Å². The van der Waals surface area contributed by atoms with Gasteiger partial charge in [-0.15, -0.1) is 0 Å². The van der Waals surface area contributed by atoms with Crippen molar-refractivity contribution in [2.75, 3.05) is 0 Å². The van der Waals surface area contributed by atoms with Crippen molar-refractivity contribution in [3.63, 3.8) is 0 Å². The Morgan fingerprint density at radius 2 is 2.10 bits per heavy atom. The second kappa shape index (κ2) is 5.32. The number of rotatable bonds is 3. The summed E-state index contributed by atoms with van der Waals surface area (Å²) in [5.41, 5.74) is 3.30. The van der Waals surface area contributed by atoms with Gasteiger partial charge in [-0.05, 0) is 32.4 Å². The lowest BCUT2D eigenvalue weighted by atomic mass is 10.1. The van der Waals surface area contributed by atoms with Gasteiger partial charge in [-0.2, -0.15) is 0 Å². The second-order valence-corrected chi connectivity index (χ2v) is 4.85. The van der Waals surface area contributed by atoms with Crippen LogP contribution in [0.1, 0.15) is 33.0 Å². The third-order valence-electron chi connectivity index (χ3n) is 3.57. The quantitative estimate of drug-likeness (QED) is 0.875. The number of amides is 1. The molecule has 20 heavy (non-hydrogen) atoms. The van der Waals surface area contributed by atoms with Crippen LogP contribution >= 0.6 is 0 Å².